The minimum absolute atomic E-state index is 0.108. The number of H-pyrrole nitrogens is 1. The smallest absolute Gasteiger partial charge is 0.312 e. The molecule has 0 bridgehead atoms. The molecule has 1 heterocycles. The third-order valence-corrected chi connectivity index (χ3v) is 5.57. The standard InChI is InChI=1S/C20H32N2O3S2/c1-14(2)13-20(5,15(3)4)18(24)25-12-8-6-7-9-16(23)22-17(26)10-11-21-19(22)27/h10-11,14-15H,6-9,12-13H2,1-5H3,(H,21,27). The van der Waals surface area contributed by atoms with E-state index in [1.807, 2.05) is 6.92 Å². The van der Waals surface area contributed by atoms with Crippen LogP contribution in [0.15, 0.2) is 12.3 Å². The van der Waals surface area contributed by atoms with Crippen molar-refractivity contribution < 1.29 is 14.3 Å². The number of rotatable bonds is 10. The van der Waals surface area contributed by atoms with Crippen molar-refractivity contribution in [3.63, 3.8) is 0 Å². The lowest BCUT2D eigenvalue weighted by Gasteiger charge is -2.32. The second-order valence-electron chi connectivity index (χ2n) is 7.97. The van der Waals surface area contributed by atoms with Crippen LogP contribution in [0.3, 0.4) is 0 Å². The molecule has 152 valence electrons. The summed E-state index contributed by atoms with van der Waals surface area (Å²) in [5.74, 6) is 0.435. The summed E-state index contributed by atoms with van der Waals surface area (Å²) in [6.07, 6.45) is 5.05. The van der Waals surface area contributed by atoms with Gasteiger partial charge in [0.05, 0.1) is 12.0 Å². The molecule has 1 atom stereocenters. The monoisotopic (exact) mass is 412 g/mol. The zero-order valence-corrected chi connectivity index (χ0v) is 18.7. The van der Waals surface area contributed by atoms with Crippen LogP contribution in [0.5, 0.6) is 0 Å². The summed E-state index contributed by atoms with van der Waals surface area (Å²) >= 11 is 10.3. The third kappa shape index (κ3) is 6.96. The Hall–Kier alpha value is -1.34. The molecule has 0 aliphatic carbocycles. The highest BCUT2D eigenvalue weighted by molar-refractivity contribution is 7.72. The lowest BCUT2D eigenvalue weighted by Crippen LogP contribution is -2.36. The molecule has 0 spiro atoms. The Bertz CT molecular complexity index is 724. The highest BCUT2D eigenvalue weighted by Crippen LogP contribution is 2.35. The zero-order valence-electron chi connectivity index (χ0n) is 17.0. The second-order valence-corrected chi connectivity index (χ2v) is 8.77. The first-order chi connectivity index (χ1) is 12.6. The first-order valence-corrected chi connectivity index (χ1v) is 10.4. The van der Waals surface area contributed by atoms with E-state index in [4.69, 9.17) is 29.2 Å². The number of aromatic nitrogens is 2. The van der Waals surface area contributed by atoms with Gasteiger partial charge in [-0.2, -0.15) is 0 Å². The largest absolute Gasteiger partial charge is 0.465 e. The molecule has 27 heavy (non-hydrogen) atoms. The average molecular weight is 413 g/mol. The number of nitrogens with zero attached hydrogens (tertiary/aromatic N) is 1. The molecule has 7 heteroatoms. The molecule has 0 aliphatic rings. The number of nitrogens with one attached hydrogen (secondary N) is 1. The molecule has 1 aromatic rings. The SMILES string of the molecule is CC(C)CC(C)(C(=O)OCCCCCC(=O)n1c(=S)cc[nH]c1=S)C(C)C. The maximum Gasteiger partial charge on any atom is 0.312 e. The molecule has 1 N–H and O–H groups in total. The van der Waals surface area contributed by atoms with Gasteiger partial charge < -0.3 is 9.72 Å². The predicted octanol–water partition coefficient (Wildman–Crippen LogP) is 5.73. The van der Waals surface area contributed by atoms with Gasteiger partial charge in [0, 0.05) is 12.6 Å². The summed E-state index contributed by atoms with van der Waals surface area (Å²) in [7, 11) is 0. The van der Waals surface area contributed by atoms with Gasteiger partial charge in [-0.3, -0.25) is 9.59 Å². The van der Waals surface area contributed by atoms with Crippen LogP contribution < -0.4 is 0 Å². The number of esters is 1. The number of aromatic amines is 1. The first kappa shape index (κ1) is 23.7. The van der Waals surface area contributed by atoms with E-state index in [-0.39, 0.29) is 17.8 Å². The van der Waals surface area contributed by atoms with Gasteiger partial charge in [0.15, 0.2) is 4.77 Å². The van der Waals surface area contributed by atoms with E-state index >= 15 is 0 Å². The fraction of sp³-hybridized carbons (Fsp3) is 0.700. The van der Waals surface area contributed by atoms with Crippen LogP contribution in [-0.4, -0.2) is 28.0 Å². The predicted molar refractivity (Wildman–Crippen MR) is 113 cm³/mol. The van der Waals surface area contributed by atoms with Gasteiger partial charge in [0.1, 0.15) is 4.64 Å². The van der Waals surface area contributed by atoms with Gasteiger partial charge in [-0.05, 0) is 62.7 Å². The summed E-state index contributed by atoms with van der Waals surface area (Å²) in [6.45, 7) is 10.7. The quantitative estimate of drug-likeness (QED) is 0.302. The number of hydrogen-bond donors (Lipinski definition) is 1. The van der Waals surface area contributed by atoms with Crippen LogP contribution in [0.4, 0.5) is 0 Å². The minimum Gasteiger partial charge on any atom is -0.465 e. The number of ether oxygens (including phenoxy) is 1. The van der Waals surface area contributed by atoms with E-state index in [1.165, 1.54) is 4.57 Å². The fourth-order valence-corrected chi connectivity index (χ4v) is 3.65. The molecule has 1 rings (SSSR count). The Labute approximate surface area is 172 Å². The van der Waals surface area contributed by atoms with Crippen LogP contribution in [0.25, 0.3) is 0 Å². The van der Waals surface area contributed by atoms with E-state index in [0.717, 1.165) is 19.3 Å². The Morgan fingerprint density at radius 3 is 2.41 bits per heavy atom. The summed E-state index contributed by atoms with van der Waals surface area (Å²) < 4.78 is 7.62. The number of hydrogen-bond acceptors (Lipinski definition) is 5. The first-order valence-electron chi connectivity index (χ1n) is 9.60. The third-order valence-electron chi connectivity index (χ3n) is 4.95. The lowest BCUT2D eigenvalue weighted by atomic mass is 9.73. The molecule has 5 nitrogen and oxygen atoms in total. The van der Waals surface area contributed by atoms with Crippen molar-refractivity contribution in [1.82, 2.24) is 9.55 Å². The van der Waals surface area contributed by atoms with E-state index in [0.29, 0.717) is 34.8 Å². The van der Waals surface area contributed by atoms with Crippen molar-refractivity contribution in [2.75, 3.05) is 6.61 Å². The molecule has 1 aromatic heterocycles. The van der Waals surface area contributed by atoms with Gasteiger partial charge in [0.25, 0.3) is 0 Å². The van der Waals surface area contributed by atoms with Crippen molar-refractivity contribution in [2.24, 2.45) is 17.3 Å². The van der Waals surface area contributed by atoms with E-state index in [1.54, 1.807) is 12.3 Å². The van der Waals surface area contributed by atoms with Crippen LogP contribution in [0, 0.1) is 26.7 Å². The molecule has 0 amide bonds. The van der Waals surface area contributed by atoms with Crippen molar-refractivity contribution in [1.29, 1.82) is 0 Å². The maximum absolute atomic E-state index is 12.5. The second kappa shape index (κ2) is 10.9. The van der Waals surface area contributed by atoms with Gasteiger partial charge in [-0.15, -0.1) is 0 Å². The zero-order chi connectivity index (χ0) is 20.6. The lowest BCUT2D eigenvalue weighted by molar-refractivity contribution is -0.159. The molecule has 0 fully saturated rings. The van der Waals surface area contributed by atoms with Gasteiger partial charge in [-0.1, -0.05) is 39.9 Å². The van der Waals surface area contributed by atoms with Crippen LogP contribution in [0.2, 0.25) is 0 Å². The summed E-state index contributed by atoms with van der Waals surface area (Å²) in [5.41, 5.74) is -0.454. The van der Waals surface area contributed by atoms with Crippen molar-refractivity contribution in [3.8, 4) is 0 Å². The van der Waals surface area contributed by atoms with Gasteiger partial charge in [-0.25, -0.2) is 4.57 Å². The van der Waals surface area contributed by atoms with Crippen LogP contribution in [0.1, 0.15) is 71.5 Å². The van der Waals surface area contributed by atoms with E-state index in [2.05, 4.69) is 32.7 Å². The Kier molecular flexibility index (Phi) is 9.53. The molecular weight excluding hydrogens is 380 g/mol. The molecule has 0 aromatic carbocycles. The normalized spacial score (nSPS) is 13.6. The number of carbonyl (C=O) groups excluding carboxylic acids is 2. The Balaban J connectivity index is 2.40. The topological polar surface area (TPSA) is 64.1 Å². The van der Waals surface area contributed by atoms with Crippen LogP contribution >= 0.6 is 24.4 Å². The highest BCUT2D eigenvalue weighted by Gasteiger charge is 2.38. The maximum atomic E-state index is 12.5. The van der Waals surface area contributed by atoms with E-state index in [9.17, 15) is 9.59 Å². The summed E-state index contributed by atoms with van der Waals surface area (Å²) in [4.78, 5) is 27.6. The van der Waals surface area contributed by atoms with Crippen molar-refractivity contribution in [2.45, 2.75) is 66.7 Å². The van der Waals surface area contributed by atoms with Crippen LogP contribution in [-0.2, 0) is 9.53 Å². The molecule has 0 radical (unpaired) electrons. The molecule has 0 aliphatic heterocycles. The summed E-state index contributed by atoms with van der Waals surface area (Å²) in [6, 6.07) is 1.64. The highest BCUT2D eigenvalue weighted by atomic mass is 32.1. The van der Waals surface area contributed by atoms with E-state index < -0.39 is 5.41 Å². The van der Waals surface area contributed by atoms with Gasteiger partial charge in [0.2, 0.25) is 5.91 Å². The Morgan fingerprint density at radius 2 is 1.85 bits per heavy atom. The molecule has 0 saturated heterocycles. The molecular formula is C20H32N2O3S2. The fourth-order valence-electron chi connectivity index (χ4n) is 3.06. The molecule has 1 unspecified atom stereocenters. The number of carbonyl (C=O) groups is 2. The van der Waals surface area contributed by atoms with Crippen molar-refractivity contribution >= 4 is 36.3 Å². The number of unbranched alkanes of at least 4 members (excludes halogenated alkanes) is 2. The summed E-state index contributed by atoms with van der Waals surface area (Å²) in [5, 5.41) is 0. The minimum atomic E-state index is -0.454. The average Bonchev–Trinajstić information content (AvgIpc) is 2.56. The van der Waals surface area contributed by atoms with Crippen molar-refractivity contribution in [3.05, 3.63) is 21.7 Å². The van der Waals surface area contributed by atoms with Gasteiger partial charge >= 0.3 is 5.97 Å². The molecule has 0 saturated carbocycles. The Morgan fingerprint density at radius 1 is 1.19 bits per heavy atom.